The number of halogens is 1. The molecule has 176 valence electrons. The van der Waals surface area contributed by atoms with Crippen LogP contribution in [0.4, 0.5) is 4.79 Å². The Kier molecular flexibility index (Phi) is 9.45. The molecule has 0 unspecified atom stereocenters. The highest BCUT2D eigenvalue weighted by atomic mass is 127. The summed E-state index contributed by atoms with van der Waals surface area (Å²) >= 11 is 2.17. The van der Waals surface area contributed by atoms with Crippen LogP contribution in [-0.2, 0) is 33.8 Å². The molecule has 3 amide bonds. The van der Waals surface area contributed by atoms with Gasteiger partial charge in [0.25, 0.3) is 0 Å². The first-order valence-corrected chi connectivity index (χ1v) is 11.8. The van der Waals surface area contributed by atoms with Crippen LogP contribution in [0.3, 0.4) is 0 Å². The lowest BCUT2D eigenvalue weighted by Gasteiger charge is -2.22. The van der Waals surface area contributed by atoms with Gasteiger partial charge in [0.1, 0.15) is 18.7 Å². The molecule has 0 saturated heterocycles. The fourth-order valence-electron chi connectivity index (χ4n) is 3.35. The number of amides is 3. The van der Waals surface area contributed by atoms with Crippen LogP contribution in [0.1, 0.15) is 16.7 Å². The quantitative estimate of drug-likeness (QED) is 0.325. The van der Waals surface area contributed by atoms with Gasteiger partial charge in [-0.1, -0.05) is 78.9 Å². The Morgan fingerprint density at radius 3 is 1.97 bits per heavy atom. The first-order chi connectivity index (χ1) is 16.4. The summed E-state index contributed by atoms with van der Waals surface area (Å²) < 4.78 is 6.25. The predicted molar refractivity (Wildman–Crippen MR) is 138 cm³/mol. The SMILES string of the molecule is NC(=O)[C@@H](Cc1ccccc1I)NC(=O)[C@@H](Cc1ccccc1)NC(=O)OCc1ccccc1. The van der Waals surface area contributed by atoms with Crippen LogP contribution < -0.4 is 16.4 Å². The summed E-state index contributed by atoms with van der Waals surface area (Å²) in [7, 11) is 0. The van der Waals surface area contributed by atoms with Gasteiger partial charge >= 0.3 is 6.09 Å². The van der Waals surface area contributed by atoms with Crippen LogP contribution in [0.25, 0.3) is 0 Å². The molecular formula is C26H26IN3O4. The molecule has 0 bridgehead atoms. The molecule has 3 aromatic carbocycles. The smallest absolute Gasteiger partial charge is 0.408 e. The fourth-order valence-corrected chi connectivity index (χ4v) is 3.95. The van der Waals surface area contributed by atoms with Crippen LogP contribution >= 0.6 is 22.6 Å². The molecule has 0 aliphatic carbocycles. The van der Waals surface area contributed by atoms with Gasteiger partial charge in [0.05, 0.1) is 0 Å². The zero-order valence-corrected chi connectivity index (χ0v) is 20.6. The van der Waals surface area contributed by atoms with Gasteiger partial charge < -0.3 is 21.1 Å². The summed E-state index contributed by atoms with van der Waals surface area (Å²) in [6, 6.07) is 24.2. The maximum absolute atomic E-state index is 13.2. The molecule has 7 nitrogen and oxygen atoms in total. The maximum Gasteiger partial charge on any atom is 0.408 e. The minimum atomic E-state index is -0.956. The number of alkyl carbamates (subject to hydrolysis) is 1. The summed E-state index contributed by atoms with van der Waals surface area (Å²) in [5, 5.41) is 5.33. The second-order valence-electron chi connectivity index (χ2n) is 7.71. The number of nitrogens with two attached hydrogens (primary N) is 1. The molecule has 3 rings (SSSR count). The van der Waals surface area contributed by atoms with Gasteiger partial charge in [-0.2, -0.15) is 0 Å². The van der Waals surface area contributed by atoms with Crippen molar-refractivity contribution in [3.8, 4) is 0 Å². The number of primary amides is 1. The lowest BCUT2D eigenvalue weighted by Crippen LogP contribution is -2.54. The fraction of sp³-hybridized carbons (Fsp3) is 0.192. The number of hydrogen-bond acceptors (Lipinski definition) is 4. The molecule has 0 radical (unpaired) electrons. The van der Waals surface area contributed by atoms with E-state index in [0.29, 0.717) is 0 Å². The molecule has 0 aromatic heterocycles. The second-order valence-corrected chi connectivity index (χ2v) is 8.87. The molecule has 4 N–H and O–H groups in total. The third-order valence-electron chi connectivity index (χ3n) is 5.15. The molecular weight excluding hydrogens is 545 g/mol. The molecule has 0 fully saturated rings. The highest BCUT2D eigenvalue weighted by Gasteiger charge is 2.27. The highest BCUT2D eigenvalue weighted by Crippen LogP contribution is 2.14. The van der Waals surface area contributed by atoms with Gasteiger partial charge in [-0.05, 0) is 45.3 Å². The van der Waals surface area contributed by atoms with Crippen LogP contribution in [0, 0.1) is 3.57 Å². The van der Waals surface area contributed by atoms with Gasteiger partial charge in [0.2, 0.25) is 11.8 Å². The molecule has 0 saturated carbocycles. The van der Waals surface area contributed by atoms with Crippen molar-refractivity contribution in [3.63, 3.8) is 0 Å². The minimum absolute atomic E-state index is 0.0721. The average Bonchev–Trinajstić information content (AvgIpc) is 2.84. The monoisotopic (exact) mass is 571 g/mol. The van der Waals surface area contributed by atoms with E-state index < -0.39 is 30.0 Å². The predicted octanol–water partition coefficient (Wildman–Crippen LogP) is 3.34. The lowest BCUT2D eigenvalue weighted by molar-refractivity contribution is -0.128. The van der Waals surface area contributed by atoms with Crippen molar-refractivity contribution in [1.29, 1.82) is 0 Å². The normalized spacial score (nSPS) is 12.3. The van der Waals surface area contributed by atoms with Gasteiger partial charge in [-0.3, -0.25) is 9.59 Å². The third-order valence-corrected chi connectivity index (χ3v) is 6.20. The topological polar surface area (TPSA) is 111 Å². The van der Waals surface area contributed by atoms with Crippen LogP contribution in [0.2, 0.25) is 0 Å². The molecule has 0 aliphatic rings. The number of ether oxygens (including phenoxy) is 1. The van der Waals surface area contributed by atoms with E-state index in [1.165, 1.54) is 0 Å². The Morgan fingerprint density at radius 2 is 1.35 bits per heavy atom. The molecule has 2 atom stereocenters. The van der Waals surface area contributed by atoms with Crippen molar-refractivity contribution in [1.82, 2.24) is 10.6 Å². The van der Waals surface area contributed by atoms with E-state index >= 15 is 0 Å². The number of nitrogens with one attached hydrogen (secondary N) is 2. The van der Waals surface area contributed by atoms with Crippen molar-refractivity contribution >= 4 is 40.5 Å². The number of carbonyl (C=O) groups excluding carboxylic acids is 3. The average molecular weight is 571 g/mol. The Hall–Kier alpha value is -3.40. The van der Waals surface area contributed by atoms with Gasteiger partial charge in [-0.15, -0.1) is 0 Å². The van der Waals surface area contributed by atoms with Crippen LogP contribution in [0.15, 0.2) is 84.9 Å². The Bertz CT molecular complexity index is 1110. The Morgan fingerprint density at radius 1 is 0.765 bits per heavy atom. The number of rotatable bonds is 10. The Labute approximate surface area is 212 Å². The lowest BCUT2D eigenvalue weighted by atomic mass is 10.0. The van der Waals surface area contributed by atoms with E-state index in [2.05, 4.69) is 33.2 Å². The van der Waals surface area contributed by atoms with Crippen molar-refractivity contribution in [3.05, 3.63) is 105 Å². The van der Waals surface area contributed by atoms with Crippen LogP contribution in [-0.4, -0.2) is 30.0 Å². The van der Waals surface area contributed by atoms with Crippen molar-refractivity contribution in [2.75, 3.05) is 0 Å². The van der Waals surface area contributed by atoms with Gasteiger partial charge in [-0.25, -0.2) is 4.79 Å². The van der Waals surface area contributed by atoms with Gasteiger partial charge in [0, 0.05) is 16.4 Å². The van der Waals surface area contributed by atoms with Crippen LogP contribution in [0.5, 0.6) is 0 Å². The van der Waals surface area contributed by atoms with E-state index in [1.54, 1.807) is 0 Å². The summed E-state index contributed by atoms with van der Waals surface area (Å²) in [6.07, 6.45) is -0.258. The van der Waals surface area contributed by atoms with Crippen molar-refractivity contribution in [2.24, 2.45) is 5.73 Å². The first kappa shape index (κ1) is 25.2. The minimum Gasteiger partial charge on any atom is -0.445 e. The summed E-state index contributed by atoms with van der Waals surface area (Å²) in [5.74, 6) is -1.17. The highest BCUT2D eigenvalue weighted by molar-refractivity contribution is 14.1. The zero-order chi connectivity index (χ0) is 24.3. The largest absolute Gasteiger partial charge is 0.445 e. The zero-order valence-electron chi connectivity index (χ0n) is 18.4. The van der Waals surface area contributed by atoms with Gasteiger partial charge in [0.15, 0.2) is 0 Å². The second kappa shape index (κ2) is 12.7. The van der Waals surface area contributed by atoms with E-state index in [1.807, 2.05) is 84.9 Å². The first-order valence-electron chi connectivity index (χ1n) is 10.8. The maximum atomic E-state index is 13.2. The molecule has 0 spiro atoms. The standard InChI is InChI=1S/C26H26IN3O4/c27-21-14-8-7-13-20(21)16-22(24(28)31)29-25(32)23(15-18-9-3-1-4-10-18)30-26(33)34-17-19-11-5-2-6-12-19/h1-14,22-23H,15-17H2,(H2,28,31)(H,29,32)(H,30,33)/t22-,23-/m1/s1. The third kappa shape index (κ3) is 7.87. The summed E-state index contributed by atoms with van der Waals surface area (Å²) in [5.41, 5.74) is 8.14. The molecule has 0 heterocycles. The van der Waals surface area contributed by atoms with Crippen molar-refractivity contribution < 1.29 is 19.1 Å². The number of carbonyl (C=O) groups is 3. The van der Waals surface area contributed by atoms with E-state index in [-0.39, 0.29) is 19.4 Å². The molecule has 8 heteroatoms. The summed E-state index contributed by atoms with van der Waals surface area (Å²) in [4.78, 5) is 37.7. The molecule has 3 aromatic rings. The van der Waals surface area contributed by atoms with Crippen molar-refractivity contribution in [2.45, 2.75) is 31.5 Å². The molecule has 0 aliphatic heterocycles. The van der Waals surface area contributed by atoms with E-state index in [9.17, 15) is 14.4 Å². The summed E-state index contributed by atoms with van der Waals surface area (Å²) in [6.45, 7) is 0.0721. The van der Waals surface area contributed by atoms with E-state index in [0.717, 1.165) is 20.3 Å². The number of hydrogen-bond donors (Lipinski definition) is 3. The number of benzene rings is 3. The van der Waals surface area contributed by atoms with E-state index in [4.69, 9.17) is 10.5 Å². The molecule has 34 heavy (non-hydrogen) atoms. The Balaban J connectivity index is 1.70.